The molecule has 0 bridgehead atoms. The summed E-state index contributed by atoms with van der Waals surface area (Å²) < 4.78 is 13.1. The molecule has 0 spiro atoms. The van der Waals surface area contributed by atoms with Crippen LogP contribution in [0.15, 0.2) is 18.2 Å². The number of hydrogen-bond acceptors (Lipinski definition) is 1. The van der Waals surface area contributed by atoms with E-state index in [9.17, 15) is 9.50 Å². The summed E-state index contributed by atoms with van der Waals surface area (Å²) in [7, 11) is 0. The molecule has 3 heteroatoms. The van der Waals surface area contributed by atoms with Gasteiger partial charge in [0, 0.05) is 6.42 Å². The van der Waals surface area contributed by atoms with E-state index in [0.29, 0.717) is 17.9 Å². The van der Waals surface area contributed by atoms with Crippen molar-refractivity contribution < 1.29 is 9.50 Å². The highest BCUT2D eigenvalue weighted by Gasteiger charge is 2.26. The lowest BCUT2D eigenvalue weighted by atomic mass is 9.79. The van der Waals surface area contributed by atoms with E-state index in [1.807, 2.05) is 0 Å². The predicted molar refractivity (Wildman–Crippen MR) is 58.5 cm³/mol. The number of hydrogen-bond donors (Lipinski definition) is 1. The molecule has 1 aromatic carbocycles. The molecule has 1 aromatic rings. The van der Waals surface area contributed by atoms with Gasteiger partial charge in [-0.2, -0.15) is 0 Å². The first-order valence-electron chi connectivity index (χ1n) is 5.29. The molecule has 0 aromatic heterocycles. The summed E-state index contributed by atoms with van der Waals surface area (Å²) in [6.45, 7) is 0. The molecule has 1 saturated carbocycles. The van der Waals surface area contributed by atoms with Crippen molar-refractivity contribution in [1.82, 2.24) is 0 Å². The van der Waals surface area contributed by atoms with E-state index < -0.39 is 5.82 Å². The molecule has 0 amide bonds. The van der Waals surface area contributed by atoms with Crippen molar-refractivity contribution in [3.05, 3.63) is 34.6 Å². The minimum Gasteiger partial charge on any atom is -0.392 e. The number of aliphatic hydroxyl groups excluding tert-OH is 1. The Morgan fingerprint density at radius 2 is 2.20 bits per heavy atom. The lowest BCUT2D eigenvalue weighted by molar-refractivity contribution is 0.0630. The fourth-order valence-electron chi connectivity index (χ4n) is 1.92. The second-order valence-corrected chi connectivity index (χ2v) is 4.55. The normalized spacial score (nSPS) is 18.6. The second-order valence-electron chi connectivity index (χ2n) is 4.18. The number of rotatable bonds is 3. The number of benzene rings is 1. The van der Waals surface area contributed by atoms with Crippen LogP contribution in [-0.4, -0.2) is 11.2 Å². The monoisotopic (exact) mass is 228 g/mol. The average molecular weight is 229 g/mol. The van der Waals surface area contributed by atoms with Gasteiger partial charge in [0.2, 0.25) is 0 Å². The summed E-state index contributed by atoms with van der Waals surface area (Å²) in [5.74, 6) is -0.0284. The molecule has 1 aliphatic rings. The molecular weight excluding hydrogens is 215 g/mol. The van der Waals surface area contributed by atoms with Crippen LogP contribution in [-0.2, 0) is 6.42 Å². The van der Waals surface area contributed by atoms with Crippen molar-refractivity contribution in [3.63, 3.8) is 0 Å². The molecule has 0 heterocycles. The van der Waals surface area contributed by atoms with Crippen LogP contribution in [0.3, 0.4) is 0 Å². The summed E-state index contributed by atoms with van der Waals surface area (Å²) in [4.78, 5) is 0. The Balaban J connectivity index is 2.06. The Morgan fingerprint density at radius 3 is 2.80 bits per heavy atom. The van der Waals surface area contributed by atoms with Crippen LogP contribution in [0.2, 0.25) is 5.02 Å². The fraction of sp³-hybridized carbons (Fsp3) is 0.500. The van der Waals surface area contributed by atoms with Crippen LogP contribution < -0.4 is 0 Å². The molecule has 1 N–H and O–H groups in total. The van der Waals surface area contributed by atoms with Gasteiger partial charge >= 0.3 is 0 Å². The van der Waals surface area contributed by atoms with Gasteiger partial charge in [0.15, 0.2) is 0 Å². The van der Waals surface area contributed by atoms with E-state index in [0.717, 1.165) is 12.8 Å². The van der Waals surface area contributed by atoms with Crippen LogP contribution in [0.1, 0.15) is 24.8 Å². The standard InChI is InChI=1S/C12H14ClFO/c13-12-9(5-2-6-10(12)14)7-11(15)8-3-1-4-8/h2,5-6,8,11,15H,1,3-4,7H2. The maximum absolute atomic E-state index is 13.1. The van der Waals surface area contributed by atoms with Crippen LogP contribution in [0.5, 0.6) is 0 Å². The molecular formula is C12H14ClFO. The summed E-state index contributed by atoms with van der Waals surface area (Å²) in [6, 6.07) is 4.74. The van der Waals surface area contributed by atoms with Gasteiger partial charge in [0.1, 0.15) is 5.82 Å². The number of aliphatic hydroxyl groups is 1. The summed E-state index contributed by atoms with van der Waals surface area (Å²) >= 11 is 5.82. The van der Waals surface area contributed by atoms with Gasteiger partial charge in [-0.05, 0) is 30.4 Å². The highest BCUT2D eigenvalue weighted by atomic mass is 35.5. The smallest absolute Gasteiger partial charge is 0.142 e. The van der Waals surface area contributed by atoms with E-state index in [2.05, 4.69) is 0 Å². The van der Waals surface area contributed by atoms with Crippen molar-refractivity contribution in [3.8, 4) is 0 Å². The summed E-state index contributed by atoms with van der Waals surface area (Å²) in [5.41, 5.74) is 0.705. The quantitative estimate of drug-likeness (QED) is 0.843. The third-order valence-electron chi connectivity index (χ3n) is 3.15. The molecule has 1 atom stereocenters. The minimum absolute atomic E-state index is 0.149. The highest BCUT2D eigenvalue weighted by Crippen LogP contribution is 2.32. The SMILES string of the molecule is OC(Cc1cccc(F)c1Cl)C1CCC1. The Labute approximate surface area is 93.9 Å². The Hall–Kier alpha value is -0.600. The van der Waals surface area contributed by atoms with Gasteiger partial charge in [0.05, 0.1) is 11.1 Å². The average Bonchev–Trinajstić information content (AvgIpc) is 2.10. The lowest BCUT2D eigenvalue weighted by Crippen LogP contribution is -2.28. The van der Waals surface area contributed by atoms with Gasteiger partial charge in [-0.1, -0.05) is 30.2 Å². The molecule has 0 aliphatic heterocycles. The zero-order chi connectivity index (χ0) is 10.8. The third kappa shape index (κ3) is 2.32. The van der Waals surface area contributed by atoms with Gasteiger partial charge in [-0.15, -0.1) is 0 Å². The van der Waals surface area contributed by atoms with Crippen LogP contribution >= 0.6 is 11.6 Å². The first-order valence-corrected chi connectivity index (χ1v) is 5.67. The highest BCUT2D eigenvalue weighted by molar-refractivity contribution is 6.31. The van der Waals surface area contributed by atoms with E-state index >= 15 is 0 Å². The molecule has 0 saturated heterocycles. The molecule has 82 valence electrons. The van der Waals surface area contributed by atoms with Crippen molar-refractivity contribution in [2.75, 3.05) is 0 Å². The van der Waals surface area contributed by atoms with E-state index in [1.165, 1.54) is 12.5 Å². The molecule has 0 radical (unpaired) electrons. The molecule has 1 nitrogen and oxygen atoms in total. The summed E-state index contributed by atoms with van der Waals surface area (Å²) in [5, 5.41) is 10.0. The second kappa shape index (κ2) is 4.50. The zero-order valence-electron chi connectivity index (χ0n) is 8.42. The van der Waals surface area contributed by atoms with E-state index in [-0.39, 0.29) is 11.1 Å². The van der Waals surface area contributed by atoms with Crippen molar-refractivity contribution >= 4 is 11.6 Å². The van der Waals surface area contributed by atoms with Crippen LogP contribution in [0, 0.1) is 11.7 Å². The Morgan fingerprint density at radius 1 is 1.47 bits per heavy atom. The lowest BCUT2D eigenvalue weighted by Gasteiger charge is -2.30. The number of halogens is 2. The molecule has 15 heavy (non-hydrogen) atoms. The zero-order valence-corrected chi connectivity index (χ0v) is 9.17. The van der Waals surface area contributed by atoms with Crippen LogP contribution in [0.4, 0.5) is 4.39 Å². The molecule has 2 rings (SSSR count). The van der Waals surface area contributed by atoms with Gasteiger partial charge in [-0.3, -0.25) is 0 Å². The van der Waals surface area contributed by atoms with Crippen molar-refractivity contribution in [2.45, 2.75) is 31.8 Å². The Bertz CT molecular complexity index is 349. The minimum atomic E-state index is -0.407. The maximum atomic E-state index is 13.1. The Kier molecular flexibility index (Phi) is 3.27. The summed E-state index contributed by atoms with van der Waals surface area (Å²) in [6.07, 6.45) is 3.43. The predicted octanol–water partition coefficient (Wildman–Crippen LogP) is 3.18. The maximum Gasteiger partial charge on any atom is 0.142 e. The third-order valence-corrected chi connectivity index (χ3v) is 3.58. The van der Waals surface area contributed by atoms with Gasteiger partial charge in [-0.25, -0.2) is 4.39 Å². The van der Waals surface area contributed by atoms with Gasteiger partial charge < -0.3 is 5.11 Å². The van der Waals surface area contributed by atoms with E-state index in [4.69, 9.17) is 11.6 Å². The molecule has 1 unspecified atom stereocenters. The van der Waals surface area contributed by atoms with E-state index in [1.54, 1.807) is 12.1 Å². The van der Waals surface area contributed by atoms with Crippen molar-refractivity contribution in [2.24, 2.45) is 5.92 Å². The molecule has 1 aliphatic carbocycles. The molecule has 1 fully saturated rings. The van der Waals surface area contributed by atoms with Crippen LogP contribution in [0.25, 0.3) is 0 Å². The van der Waals surface area contributed by atoms with Gasteiger partial charge in [0.25, 0.3) is 0 Å². The topological polar surface area (TPSA) is 20.2 Å². The largest absolute Gasteiger partial charge is 0.392 e. The first-order chi connectivity index (χ1) is 7.18. The van der Waals surface area contributed by atoms with Crippen molar-refractivity contribution in [1.29, 1.82) is 0 Å². The first kappa shape index (κ1) is 10.9. The fourth-order valence-corrected chi connectivity index (χ4v) is 2.13.